The summed E-state index contributed by atoms with van der Waals surface area (Å²) < 4.78 is 11.2. The number of carbonyl (C=O) groups excluding carboxylic acids is 1. The smallest absolute Gasteiger partial charge is 0.315 e. The Kier molecular flexibility index (Phi) is 5.66. The third kappa shape index (κ3) is 4.28. The first-order valence-electron chi connectivity index (χ1n) is 9.06. The Morgan fingerprint density at radius 2 is 1.58 bits per heavy atom. The standard InChI is InChI=1S/C21H26N2O3/c1-14(2)20(16-7-5-4-6-8-16)23-21(24)22-15(3)17-9-10-18-19(13-17)26-12-11-25-18/h4-10,13-15,20H,11-12H2,1-3H3,(H2,22,23,24)/t15-,20+/m1/s1. The normalized spacial score (nSPS) is 15.2. The van der Waals surface area contributed by atoms with E-state index in [1.165, 1.54) is 0 Å². The molecule has 2 amide bonds. The van der Waals surface area contributed by atoms with Crippen LogP contribution >= 0.6 is 0 Å². The quantitative estimate of drug-likeness (QED) is 0.845. The van der Waals surface area contributed by atoms with Crippen molar-refractivity contribution in [3.05, 3.63) is 59.7 Å². The van der Waals surface area contributed by atoms with Crippen LogP contribution in [0.3, 0.4) is 0 Å². The summed E-state index contributed by atoms with van der Waals surface area (Å²) in [7, 11) is 0. The predicted octanol–water partition coefficient (Wildman–Crippen LogP) is 4.22. The van der Waals surface area contributed by atoms with E-state index < -0.39 is 0 Å². The molecule has 3 rings (SSSR count). The molecule has 0 saturated carbocycles. The maximum absolute atomic E-state index is 12.5. The number of hydrogen-bond donors (Lipinski definition) is 2. The molecule has 5 nitrogen and oxygen atoms in total. The molecule has 26 heavy (non-hydrogen) atoms. The van der Waals surface area contributed by atoms with Crippen LogP contribution in [0.2, 0.25) is 0 Å². The van der Waals surface area contributed by atoms with Gasteiger partial charge in [0, 0.05) is 0 Å². The van der Waals surface area contributed by atoms with Gasteiger partial charge < -0.3 is 20.1 Å². The number of hydrogen-bond acceptors (Lipinski definition) is 3. The molecule has 0 aromatic heterocycles. The molecule has 0 radical (unpaired) electrons. The Morgan fingerprint density at radius 1 is 0.885 bits per heavy atom. The maximum atomic E-state index is 12.5. The van der Waals surface area contributed by atoms with Crippen molar-refractivity contribution >= 4 is 6.03 Å². The molecule has 138 valence electrons. The summed E-state index contributed by atoms with van der Waals surface area (Å²) in [6, 6.07) is 15.4. The number of carbonyl (C=O) groups is 1. The molecule has 0 bridgehead atoms. The second-order valence-corrected chi connectivity index (χ2v) is 6.87. The Hall–Kier alpha value is -2.69. The number of rotatable bonds is 5. The summed E-state index contributed by atoms with van der Waals surface area (Å²) in [4.78, 5) is 12.5. The van der Waals surface area contributed by atoms with Crippen molar-refractivity contribution in [2.45, 2.75) is 32.9 Å². The first-order valence-corrected chi connectivity index (χ1v) is 9.06. The summed E-state index contributed by atoms with van der Waals surface area (Å²) in [5.41, 5.74) is 2.08. The van der Waals surface area contributed by atoms with Crippen LogP contribution in [0.15, 0.2) is 48.5 Å². The van der Waals surface area contributed by atoms with Gasteiger partial charge in [0.25, 0.3) is 0 Å². The van der Waals surface area contributed by atoms with Gasteiger partial charge in [-0.15, -0.1) is 0 Å². The van der Waals surface area contributed by atoms with Gasteiger partial charge in [-0.2, -0.15) is 0 Å². The van der Waals surface area contributed by atoms with Crippen LogP contribution in [0.5, 0.6) is 11.5 Å². The third-order valence-electron chi connectivity index (χ3n) is 4.53. The maximum Gasteiger partial charge on any atom is 0.315 e. The SMILES string of the molecule is CC(C)[C@H](NC(=O)N[C@H](C)c1ccc2c(c1)OCCO2)c1ccccc1. The fourth-order valence-corrected chi connectivity index (χ4v) is 3.09. The molecular weight excluding hydrogens is 328 g/mol. The first kappa shape index (κ1) is 18.1. The van der Waals surface area contributed by atoms with E-state index in [-0.39, 0.29) is 24.0 Å². The summed E-state index contributed by atoms with van der Waals surface area (Å²) in [6.07, 6.45) is 0. The third-order valence-corrected chi connectivity index (χ3v) is 4.53. The minimum atomic E-state index is -0.185. The number of urea groups is 1. The lowest BCUT2D eigenvalue weighted by molar-refractivity contribution is 0.171. The van der Waals surface area contributed by atoms with E-state index in [0.717, 1.165) is 22.6 Å². The van der Waals surface area contributed by atoms with Crippen molar-refractivity contribution in [2.75, 3.05) is 13.2 Å². The van der Waals surface area contributed by atoms with Crippen LogP contribution < -0.4 is 20.1 Å². The van der Waals surface area contributed by atoms with Crippen LogP contribution in [-0.2, 0) is 0 Å². The highest BCUT2D eigenvalue weighted by molar-refractivity contribution is 5.75. The Morgan fingerprint density at radius 3 is 2.27 bits per heavy atom. The van der Waals surface area contributed by atoms with Crippen LogP contribution in [0.25, 0.3) is 0 Å². The Bertz CT molecular complexity index is 746. The van der Waals surface area contributed by atoms with Crippen molar-refractivity contribution < 1.29 is 14.3 Å². The molecule has 5 heteroatoms. The fraction of sp³-hybridized carbons (Fsp3) is 0.381. The monoisotopic (exact) mass is 354 g/mol. The molecule has 0 fully saturated rings. The van der Waals surface area contributed by atoms with E-state index in [9.17, 15) is 4.79 Å². The van der Waals surface area contributed by atoms with E-state index in [2.05, 4.69) is 24.5 Å². The Balaban J connectivity index is 1.65. The van der Waals surface area contributed by atoms with Gasteiger partial charge in [-0.1, -0.05) is 50.2 Å². The average Bonchev–Trinajstić information content (AvgIpc) is 2.66. The van der Waals surface area contributed by atoms with Gasteiger partial charge in [0.1, 0.15) is 13.2 Å². The van der Waals surface area contributed by atoms with Crippen molar-refractivity contribution in [1.82, 2.24) is 10.6 Å². The number of amides is 2. The fourth-order valence-electron chi connectivity index (χ4n) is 3.09. The van der Waals surface area contributed by atoms with E-state index >= 15 is 0 Å². The zero-order chi connectivity index (χ0) is 18.5. The second kappa shape index (κ2) is 8.13. The molecule has 2 atom stereocenters. The van der Waals surface area contributed by atoms with E-state index in [1.54, 1.807) is 0 Å². The predicted molar refractivity (Wildman–Crippen MR) is 102 cm³/mol. The number of fused-ring (bicyclic) bond motifs is 1. The van der Waals surface area contributed by atoms with Crippen LogP contribution in [0, 0.1) is 5.92 Å². The number of nitrogens with one attached hydrogen (secondary N) is 2. The topological polar surface area (TPSA) is 59.6 Å². The minimum Gasteiger partial charge on any atom is -0.486 e. The zero-order valence-corrected chi connectivity index (χ0v) is 15.5. The van der Waals surface area contributed by atoms with Gasteiger partial charge in [0.2, 0.25) is 0 Å². The molecule has 2 aromatic carbocycles. The van der Waals surface area contributed by atoms with Crippen LogP contribution in [-0.4, -0.2) is 19.2 Å². The molecule has 0 aliphatic carbocycles. The van der Waals surface area contributed by atoms with Gasteiger partial charge in [0.15, 0.2) is 11.5 Å². The molecule has 0 unspecified atom stereocenters. The van der Waals surface area contributed by atoms with E-state index in [4.69, 9.17) is 9.47 Å². The lowest BCUT2D eigenvalue weighted by atomic mass is 9.96. The molecular formula is C21H26N2O3. The zero-order valence-electron chi connectivity index (χ0n) is 15.5. The summed E-state index contributed by atoms with van der Waals surface area (Å²) >= 11 is 0. The molecule has 2 aromatic rings. The van der Waals surface area contributed by atoms with Crippen LogP contribution in [0.1, 0.15) is 44.0 Å². The molecule has 1 aliphatic rings. The lowest BCUT2D eigenvalue weighted by Crippen LogP contribution is -2.40. The van der Waals surface area contributed by atoms with Gasteiger partial charge in [0.05, 0.1) is 12.1 Å². The minimum absolute atomic E-state index is 0.0383. The van der Waals surface area contributed by atoms with Crippen molar-refractivity contribution in [3.8, 4) is 11.5 Å². The van der Waals surface area contributed by atoms with Gasteiger partial charge >= 0.3 is 6.03 Å². The highest BCUT2D eigenvalue weighted by Gasteiger charge is 2.20. The van der Waals surface area contributed by atoms with E-state index in [0.29, 0.717) is 13.2 Å². The van der Waals surface area contributed by atoms with E-state index in [1.807, 2.05) is 55.5 Å². The van der Waals surface area contributed by atoms with Crippen molar-refractivity contribution in [1.29, 1.82) is 0 Å². The van der Waals surface area contributed by atoms with Gasteiger partial charge in [-0.25, -0.2) is 4.79 Å². The number of ether oxygens (including phenoxy) is 2. The summed E-state index contributed by atoms with van der Waals surface area (Å²) in [5.74, 6) is 1.76. The van der Waals surface area contributed by atoms with Crippen molar-refractivity contribution in [3.63, 3.8) is 0 Å². The van der Waals surface area contributed by atoms with Crippen LogP contribution in [0.4, 0.5) is 4.79 Å². The van der Waals surface area contributed by atoms with Gasteiger partial charge in [-0.05, 0) is 36.1 Å². The Labute approximate surface area is 154 Å². The summed E-state index contributed by atoms with van der Waals surface area (Å²) in [6.45, 7) is 7.27. The molecule has 1 heterocycles. The van der Waals surface area contributed by atoms with Gasteiger partial charge in [-0.3, -0.25) is 0 Å². The molecule has 0 saturated heterocycles. The molecule has 2 N–H and O–H groups in total. The average molecular weight is 354 g/mol. The molecule has 0 spiro atoms. The highest BCUT2D eigenvalue weighted by Crippen LogP contribution is 2.32. The second-order valence-electron chi connectivity index (χ2n) is 6.87. The van der Waals surface area contributed by atoms with Crippen molar-refractivity contribution in [2.24, 2.45) is 5.92 Å². The largest absolute Gasteiger partial charge is 0.486 e. The summed E-state index contributed by atoms with van der Waals surface area (Å²) in [5, 5.41) is 6.10. The highest BCUT2D eigenvalue weighted by atomic mass is 16.6. The first-order chi connectivity index (χ1) is 12.5. The lowest BCUT2D eigenvalue weighted by Gasteiger charge is -2.25. The molecule has 1 aliphatic heterocycles. The number of benzene rings is 2.